The number of aryl methyl sites for hydroxylation is 1. The molecule has 4 aromatic carbocycles. The summed E-state index contributed by atoms with van der Waals surface area (Å²) < 4.78 is 59.8. The normalized spacial score (nSPS) is 16.6. The number of esters is 1. The van der Waals surface area contributed by atoms with Gasteiger partial charge >= 0.3 is 5.97 Å². The number of benzene rings is 4. The van der Waals surface area contributed by atoms with Crippen molar-refractivity contribution in [3.63, 3.8) is 0 Å². The molecule has 11 nitrogen and oxygen atoms in total. The van der Waals surface area contributed by atoms with Crippen molar-refractivity contribution in [3.8, 4) is 23.0 Å². The Morgan fingerprint density at radius 1 is 0.800 bits per heavy atom. The number of sulfonamides is 1. The molecule has 1 aliphatic carbocycles. The summed E-state index contributed by atoms with van der Waals surface area (Å²) in [6, 6.07) is 28.1. The first-order chi connectivity index (χ1) is 29.1. The van der Waals surface area contributed by atoms with Gasteiger partial charge in [-0.25, -0.2) is 8.42 Å². The monoisotopic (exact) mass is 853 g/mol. The number of fused-ring (bicyclic) bond motifs is 2. The minimum atomic E-state index is -4.06. The fraction of sp³-hybridized carbons (Fsp3) is 0.362. The second-order valence-corrected chi connectivity index (χ2v) is 17.8. The lowest BCUT2D eigenvalue weighted by Crippen LogP contribution is -2.40. The molecule has 1 saturated carbocycles. The highest BCUT2D eigenvalue weighted by Gasteiger charge is 2.35. The molecular weight excluding hydrogens is 802 g/mol. The summed E-state index contributed by atoms with van der Waals surface area (Å²) in [5.74, 6) is 2.80. The first kappa shape index (κ1) is 42.8. The molecule has 60 heavy (non-hydrogen) atoms. The Morgan fingerprint density at radius 3 is 2.15 bits per heavy atom. The molecule has 0 radical (unpaired) electrons. The van der Waals surface area contributed by atoms with Crippen molar-refractivity contribution in [2.75, 3.05) is 46.0 Å². The van der Waals surface area contributed by atoms with Crippen LogP contribution in [0.2, 0.25) is 5.02 Å². The molecule has 13 heteroatoms. The van der Waals surface area contributed by atoms with Crippen molar-refractivity contribution in [3.05, 3.63) is 136 Å². The van der Waals surface area contributed by atoms with Gasteiger partial charge in [-0.05, 0) is 132 Å². The smallest absolute Gasteiger partial charge is 0.310 e. The molecule has 0 unspecified atom stereocenters. The van der Waals surface area contributed by atoms with Gasteiger partial charge in [0.1, 0.15) is 23.0 Å². The third kappa shape index (κ3) is 10.7. The minimum absolute atomic E-state index is 0.119. The van der Waals surface area contributed by atoms with E-state index in [-0.39, 0.29) is 42.2 Å². The zero-order valence-corrected chi connectivity index (χ0v) is 35.9. The number of carbonyl (C=O) groups is 1. The van der Waals surface area contributed by atoms with Gasteiger partial charge in [-0.3, -0.25) is 9.78 Å². The molecule has 0 amide bonds. The summed E-state index contributed by atoms with van der Waals surface area (Å²) >= 11 is 6.54. The Bertz CT molecular complexity index is 2290. The lowest BCUT2D eigenvalue weighted by molar-refractivity contribution is -0.139. The predicted octanol–water partition coefficient (Wildman–Crippen LogP) is 8.69. The summed E-state index contributed by atoms with van der Waals surface area (Å²) in [6.07, 6.45) is 8.02. The van der Waals surface area contributed by atoms with E-state index in [1.54, 1.807) is 38.7 Å². The van der Waals surface area contributed by atoms with E-state index in [1.807, 2.05) is 72.8 Å². The maximum atomic E-state index is 15.0. The van der Waals surface area contributed by atoms with E-state index >= 15 is 0 Å². The van der Waals surface area contributed by atoms with Crippen molar-refractivity contribution < 1.29 is 36.9 Å². The number of nitrogens with zero attached hydrogens (tertiary/aromatic N) is 3. The van der Waals surface area contributed by atoms with Crippen molar-refractivity contribution >= 4 is 33.3 Å². The van der Waals surface area contributed by atoms with Crippen LogP contribution in [-0.4, -0.2) is 64.8 Å². The Hall–Kier alpha value is -5.30. The van der Waals surface area contributed by atoms with Crippen LogP contribution < -0.4 is 23.8 Å². The number of hydrogen-bond donors (Lipinski definition) is 0. The van der Waals surface area contributed by atoms with Crippen molar-refractivity contribution in [2.24, 2.45) is 11.8 Å². The van der Waals surface area contributed by atoms with Gasteiger partial charge in [-0.15, -0.1) is 0 Å². The minimum Gasteiger partial charge on any atom is -0.497 e. The number of carbonyl (C=O) groups excluding carboxylic acids is 1. The molecule has 1 aromatic heterocycles. The number of hydrogen-bond acceptors (Lipinski definition) is 10. The van der Waals surface area contributed by atoms with Crippen LogP contribution in [0.4, 0.5) is 5.69 Å². The van der Waals surface area contributed by atoms with Crippen LogP contribution >= 0.6 is 11.6 Å². The number of rotatable bonds is 15. The van der Waals surface area contributed by atoms with Crippen molar-refractivity contribution in [2.45, 2.75) is 63.1 Å². The van der Waals surface area contributed by atoms with Gasteiger partial charge < -0.3 is 28.6 Å². The SMILES string of the molecule is COC(=O)Cc1cncc(OC[C@@H]2CC[C@H]2CN2Cc3ccc(Cl)cc3CCCCOc3ccc(S(=O)(=O)N(Cc4ccc(OC)cc4)Cc4ccc(OC)cc4)cc32)c1. The maximum Gasteiger partial charge on any atom is 0.310 e. The average Bonchev–Trinajstić information content (AvgIpc) is 3.28. The van der Waals surface area contributed by atoms with Gasteiger partial charge in [0.25, 0.3) is 0 Å². The lowest BCUT2D eigenvalue weighted by atomic mass is 9.73. The van der Waals surface area contributed by atoms with E-state index in [0.717, 1.165) is 60.0 Å². The highest BCUT2D eigenvalue weighted by molar-refractivity contribution is 7.89. The van der Waals surface area contributed by atoms with Gasteiger partial charge in [0.2, 0.25) is 10.0 Å². The second-order valence-electron chi connectivity index (χ2n) is 15.4. The van der Waals surface area contributed by atoms with Gasteiger partial charge in [0.15, 0.2) is 0 Å². The molecule has 1 aliphatic heterocycles. The molecule has 0 bridgehead atoms. The van der Waals surface area contributed by atoms with Crippen LogP contribution in [0, 0.1) is 11.8 Å². The third-order valence-electron chi connectivity index (χ3n) is 11.4. The van der Waals surface area contributed by atoms with Crippen LogP contribution in [0.25, 0.3) is 0 Å². The zero-order valence-electron chi connectivity index (χ0n) is 34.3. The van der Waals surface area contributed by atoms with E-state index in [0.29, 0.717) is 54.3 Å². The summed E-state index contributed by atoms with van der Waals surface area (Å²) in [7, 11) is 0.513. The second kappa shape index (κ2) is 19.8. The first-order valence-electron chi connectivity index (χ1n) is 20.3. The number of aromatic nitrogens is 1. The Morgan fingerprint density at radius 2 is 1.50 bits per heavy atom. The fourth-order valence-electron chi connectivity index (χ4n) is 7.77. The molecular formula is C47H52ClN3O8S. The van der Waals surface area contributed by atoms with Gasteiger partial charge in [0.05, 0.1) is 57.7 Å². The molecule has 2 aliphatic rings. The largest absolute Gasteiger partial charge is 0.497 e. The molecule has 2 heterocycles. The number of anilines is 1. The van der Waals surface area contributed by atoms with E-state index < -0.39 is 10.0 Å². The molecule has 0 spiro atoms. The molecule has 1 fully saturated rings. The Labute approximate surface area is 358 Å². The standard InChI is InChI=1S/C47H52ClN3O8S/c1-55-41-15-7-33(8-16-41)28-51(29-34-9-17-42(56-2)18-10-34)60(53,54)44-19-20-46-45(25-44)50(30-37-13-14-40(48)24-36(37)6-4-5-21-58-46)31-38-11-12-39(38)32-59-43-22-35(26-49-27-43)23-47(52)57-3/h7-10,13-20,22,24-27,38-39H,4-6,11-12,21,23,28-32H2,1-3H3/t38-,39-/m0/s1. The predicted molar refractivity (Wildman–Crippen MR) is 231 cm³/mol. The summed E-state index contributed by atoms with van der Waals surface area (Å²) in [5.41, 5.74) is 5.42. The molecule has 2 atom stereocenters. The number of methoxy groups -OCH3 is 3. The van der Waals surface area contributed by atoms with Crippen LogP contribution in [0.5, 0.6) is 23.0 Å². The van der Waals surface area contributed by atoms with Gasteiger partial charge in [-0.1, -0.05) is 41.9 Å². The highest BCUT2D eigenvalue weighted by Crippen LogP contribution is 2.41. The zero-order chi connectivity index (χ0) is 42.1. The number of halogens is 1. The van der Waals surface area contributed by atoms with Crippen LogP contribution in [0.15, 0.2) is 108 Å². The van der Waals surface area contributed by atoms with E-state index in [1.165, 1.54) is 17.0 Å². The van der Waals surface area contributed by atoms with Crippen molar-refractivity contribution in [1.82, 2.24) is 9.29 Å². The Kier molecular flexibility index (Phi) is 14.2. The number of ether oxygens (including phenoxy) is 5. The van der Waals surface area contributed by atoms with E-state index in [2.05, 4.69) is 16.0 Å². The molecule has 0 saturated heterocycles. The third-order valence-corrected chi connectivity index (χ3v) is 13.4. The van der Waals surface area contributed by atoms with E-state index in [9.17, 15) is 13.2 Å². The summed E-state index contributed by atoms with van der Waals surface area (Å²) in [6.45, 7) is 2.46. The van der Waals surface area contributed by atoms with Crippen LogP contribution in [0.1, 0.15) is 53.5 Å². The highest BCUT2D eigenvalue weighted by atomic mass is 35.5. The molecule has 316 valence electrons. The van der Waals surface area contributed by atoms with Crippen LogP contribution in [-0.2, 0) is 52.0 Å². The maximum absolute atomic E-state index is 15.0. The number of pyridine rings is 1. The first-order valence-corrected chi connectivity index (χ1v) is 22.1. The van der Waals surface area contributed by atoms with Crippen molar-refractivity contribution in [1.29, 1.82) is 0 Å². The molecule has 0 N–H and O–H groups in total. The van der Waals surface area contributed by atoms with Gasteiger partial charge in [-0.2, -0.15) is 4.31 Å². The topological polar surface area (TPSA) is 117 Å². The van der Waals surface area contributed by atoms with E-state index in [4.69, 9.17) is 35.3 Å². The average molecular weight is 854 g/mol. The van der Waals surface area contributed by atoms with Crippen LogP contribution in [0.3, 0.4) is 0 Å². The van der Waals surface area contributed by atoms with Gasteiger partial charge in [0, 0.05) is 37.4 Å². The fourth-order valence-corrected chi connectivity index (χ4v) is 9.40. The Balaban J connectivity index is 1.21. The quantitative estimate of drug-likeness (QED) is 0.0948. The lowest BCUT2D eigenvalue weighted by Gasteiger charge is -2.41. The molecule has 5 aromatic rings. The summed E-state index contributed by atoms with van der Waals surface area (Å²) in [5, 5.41) is 0.690. The molecule has 7 rings (SSSR count). The summed E-state index contributed by atoms with van der Waals surface area (Å²) in [4.78, 5) is 18.6.